The van der Waals surface area contributed by atoms with E-state index in [1.54, 1.807) is 12.1 Å². The molecule has 0 saturated carbocycles. The lowest BCUT2D eigenvalue weighted by molar-refractivity contribution is -0.118. The minimum atomic E-state index is -0.150. The van der Waals surface area contributed by atoms with Gasteiger partial charge >= 0.3 is 0 Å². The SMILES string of the molecule is Cc1ccc(Cn2ccccc2=NC(=O)CCc2ccc(C#N)cc2)cc1. The van der Waals surface area contributed by atoms with Gasteiger partial charge in [0.25, 0.3) is 0 Å². The van der Waals surface area contributed by atoms with Crippen LogP contribution in [0.25, 0.3) is 0 Å². The minimum Gasteiger partial charge on any atom is -0.329 e. The first-order chi connectivity index (χ1) is 13.1. The number of nitriles is 1. The molecule has 0 unspecified atom stereocenters. The zero-order valence-corrected chi connectivity index (χ0v) is 15.3. The Labute approximate surface area is 159 Å². The third kappa shape index (κ3) is 5.26. The number of amides is 1. The Morgan fingerprint density at radius 1 is 1.00 bits per heavy atom. The van der Waals surface area contributed by atoms with E-state index < -0.39 is 0 Å². The fourth-order valence-corrected chi connectivity index (χ4v) is 2.77. The van der Waals surface area contributed by atoms with Crippen molar-refractivity contribution in [1.29, 1.82) is 5.26 Å². The van der Waals surface area contributed by atoms with E-state index in [0.717, 1.165) is 5.56 Å². The number of rotatable bonds is 5. The largest absolute Gasteiger partial charge is 0.329 e. The van der Waals surface area contributed by atoms with Crippen LogP contribution in [-0.2, 0) is 17.8 Å². The molecule has 0 fully saturated rings. The quantitative estimate of drug-likeness (QED) is 0.699. The molecule has 0 N–H and O–H groups in total. The molecule has 134 valence electrons. The smallest absolute Gasteiger partial charge is 0.247 e. The van der Waals surface area contributed by atoms with Gasteiger partial charge in [0.1, 0.15) is 5.49 Å². The van der Waals surface area contributed by atoms with E-state index in [-0.39, 0.29) is 5.91 Å². The van der Waals surface area contributed by atoms with Crippen LogP contribution in [0.2, 0.25) is 0 Å². The summed E-state index contributed by atoms with van der Waals surface area (Å²) in [5.74, 6) is -0.150. The zero-order chi connectivity index (χ0) is 19.1. The molecule has 3 rings (SSSR count). The zero-order valence-electron chi connectivity index (χ0n) is 15.3. The molecule has 0 atom stereocenters. The van der Waals surface area contributed by atoms with Crippen LogP contribution in [0.3, 0.4) is 0 Å². The van der Waals surface area contributed by atoms with Crippen LogP contribution < -0.4 is 5.49 Å². The summed E-state index contributed by atoms with van der Waals surface area (Å²) in [4.78, 5) is 16.6. The highest BCUT2D eigenvalue weighted by Gasteiger charge is 2.03. The van der Waals surface area contributed by atoms with Gasteiger partial charge in [0.15, 0.2) is 0 Å². The highest BCUT2D eigenvalue weighted by Crippen LogP contribution is 2.07. The molecule has 4 nitrogen and oxygen atoms in total. The number of hydrogen-bond acceptors (Lipinski definition) is 2. The molecule has 0 bridgehead atoms. The third-order valence-electron chi connectivity index (χ3n) is 4.34. The second-order valence-corrected chi connectivity index (χ2v) is 6.49. The van der Waals surface area contributed by atoms with Crippen molar-refractivity contribution in [2.75, 3.05) is 0 Å². The summed E-state index contributed by atoms with van der Waals surface area (Å²) in [5, 5.41) is 8.83. The average Bonchev–Trinajstić information content (AvgIpc) is 2.70. The maximum atomic E-state index is 12.3. The van der Waals surface area contributed by atoms with Gasteiger partial charge in [0, 0.05) is 19.2 Å². The van der Waals surface area contributed by atoms with E-state index in [1.807, 2.05) is 41.1 Å². The normalized spacial score (nSPS) is 11.2. The second-order valence-electron chi connectivity index (χ2n) is 6.49. The summed E-state index contributed by atoms with van der Waals surface area (Å²) in [6.07, 6.45) is 2.89. The first kappa shape index (κ1) is 18.3. The second kappa shape index (κ2) is 8.77. The fourth-order valence-electron chi connectivity index (χ4n) is 2.77. The van der Waals surface area contributed by atoms with Gasteiger partial charge in [-0.1, -0.05) is 48.0 Å². The Morgan fingerprint density at radius 2 is 1.70 bits per heavy atom. The number of nitrogens with zero attached hydrogens (tertiary/aromatic N) is 3. The van der Waals surface area contributed by atoms with Gasteiger partial charge < -0.3 is 4.57 Å². The topological polar surface area (TPSA) is 58.1 Å². The number of benzene rings is 2. The molecule has 0 aliphatic heterocycles. The van der Waals surface area contributed by atoms with Gasteiger partial charge in [-0.15, -0.1) is 0 Å². The first-order valence-corrected chi connectivity index (χ1v) is 8.92. The number of hydrogen-bond donors (Lipinski definition) is 0. The van der Waals surface area contributed by atoms with Crippen LogP contribution in [0.15, 0.2) is 77.9 Å². The van der Waals surface area contributed by atoms with Gasteiger partial charge in [-0.2, -0.15) is 10.3 Å². The molecule has 0 saturated heterocycles. The number of aryl methyl sites for hydroxylation is 2. The molecule has 1 aromatic heterocycles. The summed E-state index contributed by atoms with van der Waals surface area (Å²) in [6, 6.07) is 23.4. The lowest BCUT2D eigenvalue weighted by Crippen LogP contribution is -2.22. The summed E-state index contributed by atoms with van der Waals surface area (Å²) in [5.41, 5.74) is 4.69. The van der Waals surface area contributed by atoms with Gasteiger partial charge in [0.05, 0.1) is 11.6 Å². The maximum Gasteiger partial charge on any atom is 0.247 e. The van der Waals surface area contributed by atoms with Crippen molar-refractivity contribution in [3.05, 3.63) is 101 Å². The monoisotopic (exact) mass is 355 g/mol. The van der Waals surface area contributed by atoms with Crippen LogP contribution in [0.5, 0.6) is 0 Å². The van der Waals surface area contributed by atoms with Crippen LogP contribution in [0.1, 0.15) is 28.7 Å². The molecule has 2 aromatic carbocycles. The van der Waals surface area contributed by atoms with E-state index in [1.165, 1.54) is 11.1 Å². The Morgan fingerprint density at radius 3 is 2.41 bits per heavy atom. The molecule has 1 amide bonds. The number of carbonyl (C=O) groups is 1. The standard InChI is InChI=1S/C23H21N3O/c1-18-5-7-21(8-6-18)17-26-15-3-2-4-22(26)25-23(27)14-13-19-9-11-20(16-24)12-10-19/h2-12,15H,13-14,17H2,1H3. The van der Waals surface area contributed by atoms with E-state index in [4.69, 9.17) is 5.26 Å². The molecular weight excluding hydrogens is 334 g/mol. The average molecular weight is 355 g/mol. The van der Waals surface area contributed by atoms with Crippen LogP contribution in [0, 0.1) is 18.3 Å². The predicted molar refractivity (Wildman–Crippen MR) is 105 cm³/mol. The molecular formula is C23H21N3O. The van der Waals surface area contributed by atoms with E-state index in [0.29, 0.717) is 30.4 Å². The van der Waals surface area contributed by atoms with Gasteiger partial charge in [0.2, 0.25) is 5.91 Å². The Kier molecular flexibility index (Phi) is 5.96. The van der Waals surface area contributed by atoms with Gasteiger partial charge in [-0.3, -0.25) is 4.79 Å². The van der Waals surface area contributed by atoms with E-state index in [2.05, 4.69) is 42.3 Å². The van der Waals surface area contributed by atoms with Gasteiger partial charge in [-0.25, -0.2) is 0 Å². The molecule has 4 heteroatoms. The van der Waals surface area contributed by atoms with Crippen LogP contribution in [-0.4, -0.2) is 10.5 Å². The molecule has 3 aromatic rings. The van der Waals surface area contributed by atoms with Crippen molar-refractivity contribution in [2.24, 2.45) is 4.99 Å². The lowest BCUT2D eigenvalue weighted by Gasteiger charge is -2.08. The number of carbonyl (C=O) groups excluding carboxylic acids is 1. The molecule has 0 radical (unpaired) electrons. The van der Waals surface area contributed by atoms with Crippen LogP contribution in [0.4, 0.5) is 0 Å². The molecule has 0 aliphatic carbocycles. The summed E-state index contributed by atoms with van der Waals surface area (Å²) >= 11 is 0. The fraction of sp³-hybridized carbons (Fsp3) is 0.174. The van der Waals surface area contributed by atoms with Crippen molar-refractivity contribution in [2.45, 2.75) is 26.3 Å². The van der Waals surface area contributed by atoms with Crippen LogP contribution >= 0.6 is 0 Å². The molecule has 0 aliphatic rings. The summed E-state index contributed by atoms with van der Waals surface area (Å²) < 4.78 is 1.98. The number of pyridine rings is 1. The third-order valence-corrected chi connectivity index (χ3v) is 4.34. The van der Waals surface area contributed by atoms with Crippen molar-refractivity contribution >= 4 is 5.91 Å². The molecule has 1 heterocycles. The Hall–Kier alpha value is -3.45. The molecule has 27 heavy (non-hydrogen) atoms. The van der Waals surface area contributed by atoms with Gasteiger partial charge in [-0.05, 0) is 48.7 Å². The predicted octanol–water partition coefficient (Wildman–Crippen LogP) is 3.78. The first-order valence-electron chi connectivity index (χ1n) is 8.92. The maximum absolute atomic E-state index is 12.3. The van der Waals surface area contributed by atoms with Crippen molar-refractivity contribution in [3.8, 4) is 6.07 Å². The van der Waals surface area contributed by atoms with Crippen molar-refractivity contribution in [1.82, 2.24) is 4.57 Å². The Bertz CT molecular complexity index is 1020. The van der Waals surface area contributed by atoms with E-state index in [9.17, 15) is 4.79 Å². The number of aromatic nitrogens is 1. The lowest BCUT2D eigenvalue weighted by atomic mass is 10.1. The Balaban J connectivity index is 1.71. The van der Waals surface area contributed by atoms with Crippen molar-refractivity contribution in [3.63, 3.8) is 0 Å². The summed E-state index contributed by atoms with van der Waals surface area (Å²) in [6.45, 7) is 2.73. The van der Waals surface area contributed by atoms with Crippen molar-refractivity contribution < 1.29 is 4.79 Å². The highest BCUT2D eigenvalue weighted by molar-refractivity contribution is 5.77. The molecule has 0 spiro atoms. The summed E-state index contributed by atoms with van der Waals surface area (Å²) in [7, 11) is 0. The minimum absolute atomic E-state index is 0.150. The highest BCUT2D eigenvalue weighted by atomic mass is 16.1. The van der Waals surface area contributed by atoms with E-state index >= 15 is 0 Å².